The lowest BCUT2D eigenvalue weighted by Gasteiger charge is -2.27. The number of imidazole rings is 1. The van der Waals surface area contributed by atoms with Gasteiger partial charge in [-0.3, -0.25) is 4.79 Å². The topological polar surface area (TPSA) is 73.9 Å². The van der Waals surface area contributed by atoms with Crippen molar-refractivity contribution in [3.63, 3.8) is 0 Å². The number of nitrogens with one attached hydrogen (secondary N) is 2. The van der Waals surface area contributed by atoms with E-state index in [-0.39, 0.29) is 17.2 Å². The minimum Gasteiger partial charge on any atom is -0.351 e. The quantitative estimate of drug-likeness (QED) is 0.601. The summed E-state index contributed by atoms with van der Waals surface area (Å²) in [5.74, 6) is 0.609. The number of allylic oxidation sites excluding steroid dienone is 2. The van der Waals surface area contributed by atoms with Crippen molar-refractivity contribution >= 4 is 22.8 Å². The Morgan fingerprint density at radius 1 is 1.25 bits per heavy atom. The van der Waals surface area contributed by atoms with E-state index >= 15 is 0 Å². The number of rotatable bonds is 5. The van der Waals surface area contributed by atoms with Gasteiger partial charge in [0.25, 0.3) is 0 Å². The van der Waals surface area contributed by atoms with Gasteiger partial charge in [0.1, 0.15) is 5.82 Å². The third-order valence-corrected chi connectivity index (χ3v) is 5.91. The Bertz CT molecular complexity index is 1200. The second-order valence-corrected chi connectivity index (χ2v) is 9.46. The maximum Gasteiger partial charge on any atom is 0.227 e. The number of carbonyl (C=O) groups is 1. The minimum atomic E-state index is -0.270. The molecule has 1 aromatic carbocycles. The molecule has 32 heavy (non-hydrogen) atoms. The van der Waals surface area contributed by atoms with E-state index < -0.39 is 0 Å². The summed E-state index contributed by atoms with van der Waals surface area (Å²) in [6, 6.07) is 10.0. The van der Waals surface area contributed by atoms with E-state index in [1.807, 2.05) is 25.1 Å². The zero-order valence-corrected chi connectivity index (χ0v) is 19.4. The number of nitrogens with zero attached hydrogens (tertiary/aromatic N) is 3. The number of aromatic nitrogens is 3. The van der Waals surface area contributed by atoms with Crippen LogP contribution in [0.5, 0.6) is 0 Å². The number of hydrogen-bond acceptors (Lipinski definition) is 4. The van der Waals surface area contributed by atoms with Crippen molar-refractivity contribution in [2.24, 2.45) is 0 Å². The molecule has 2 N–H and O–H groups in total. The van der Waals surface area contributed by atoms with Gasteiger partial charge in [0.05, 0.1) is 23.3 Å². The molecule has 4 rings (SSSR count). The number of H-pyrrole nitrogens is 1. The highest BCUT2D eigenvalue weighted by molar-refractivity contribution is 5.85. The number of hydrogen-bond donors (Lipinski definition) is 2. The lowest BCUT2D eigenvalue weighted by atomic mass is 9.91. The lowest BCUT2D eigenvalue weighted by molar-refractivity contribution is -0.122. The second kappa shape index (κ2) is 8.61. The maximum atomic E-state index is 13.0. The third kappa shape index (κ3) is 4.59. The average molecular weight is 430 g/mol. The number of anilines is 1. The molecule has 6 heteroatoms. The summed E-state index contributed by atoms with van der Waals surface area (Å²) in [4.78, 5) is 27.4. The second-order valence-electron chi connectivity index (χ2n) is 9.46. The molecule has 0 fully saturated rings. The van der Waals surface area contributed by atoms with Crippen LogP contribution < -0.4 is 10.2 Å². The smallest absolute Gasteiger partial charge is 0.227 e. The van der Waals surface area contributed by atoms with Crippen molar-refractivity contribution in [2.75, 3.05) is 11.4 Å². The fraction of sp³-hybridized carbons (Fsp3) is 0.346. The van der Waals surface area contributed by atoms with Gasteiger partial charge in [0.15, 0.2) is 0 Å². The molecule has 0 aliphatic carbocycles. The zero-order valence-electron chi connectivity index (χ0n) is 19.4. The van der Waals surface area contributed by atoms with Gasteiger partial charge in [-0.05, 0) is 43.7 Å². The first-order valence-electron chi connectivity index (χ1n) is 11.0. The molecule has 1 unspecified atom stereocenters. The van der Waals surface area contributed by atoms with E-state index in [9.17, 15) is 4.79 Å². The van der Waals surface area contributed by atoms with E-state index in [0.717, 1.165) is 40.2 Å². The lowest BCUT2D eigenvalue weighted by Crippen LogP contribution is -2.30. The molecule has 1 aliphatic heterocycles. The summed E-state index contributed by atoms with van der Waals surface area (Å²) in [6.45, 7) is 11.7. The Morgan fingerprint density at radius 2 is 2.06 bits per heavy atom. The van der Waals surface area contributed by atoms with Crippen LogP contribution in [0.2, 0.25) is 0 Å². The molecule has 0 spiro atoms. The molecule has 1 atom stereocenters. The number of pyridine rings is 1. The molecule has 0 saturated carbocycles. The Hall–Kier alpha value is -3.41. The van der Waals surface area contributed by atoms with Crippen LogP contribution in [0.1, 0.15) is 57.4 Å². The van der Waals surface area contributed by atoms with Crippen molar-refractivity contribution in [1.82, 2.24) is 20.3 Å². The van der Waals surface area contributed by atoms with Gasteiger partial charge in [0, 0.05) is 36.0 Å². The normalized spacial score (nSPS) is 15.0. The monoisotopic (exact) mass is 429 g/mol. The summed E-state index contributed by atoms with van der Waals surface area (Å²) in [6.07, 6.45) is 8.00. The summed E-state index contributed by atoms with van der Waals surface area (Å²) < 4.78 is 0. The predicted molar refractivity (Wildman–Crippen MR) is 130 cm³/mol. The molecule has 0 saturated heterocycles. The van der Waals surface area contributed by atoms with E-state index in [1.165, 1.54) is 5.57 Å². The first kappa shape index (κ1) is 21.8. The Kier molecular flexibility index (Phi) is 5.87. The van der Waals surface area contributed by atoms with Crippen LogP contribution in [0, 0.1) is 0 Å². The summed E-state index contributed by atoms with van der Waals surface area (Å²) in [5, 5.41) is 3.11. The number of aromatic amines is 1. The van der Waals surface area contributed by atoms with Gasteiger partial charge in [-0.2, -0.15) is 0 Å². The fourth-order valence-corrected chi connectivity index (χ4v) is 3.73. The molecule has 3 heterocycles. The van der Waals surface area contributed by atoms with Gasteiger partial charge in [-0.15, -0.1) is 0 Å². The highest BCUT2D eigenvalue weighted by Gasteiger charge is 2.21. The van der Waals surface area contributed by atoms with Gasteiger partial charge in [0.2, 0.25) is 5.91 Å². The van der Waals surface area contributed by atoms with Crippen LogP contribution in [0.3, 0.4) is 0 Å². The number of fused-ring (bicyclic) bond motifs is 1. The molecule has 2 aromatic heterocycles. The van der Waals surface area contributed by atoms with E-state index in [4.69, 9.17) is 4.98 Å². The number of amides is 1. The third-order valence-electron chi connectivity index (χ3n) is 5.91. The first-order valence-corrected chi connectivity index (χ1v) is 11.0. The van der Waals surface area contributed by atoms with Crippen molar-refractivity contribution in [3.05, 3.63) is 77.4 Å². The summed E-state index contributed by atoms with van der Waals surface area (Å²) in [5.41, 5.74) is 6.01. The van der Waals surface area contributed by atoms with Gasteiger partial charge < -0.3 is 15.2 Å². The molecular weight excluding hydrogens is 398 g/mol. The van der Waals surface area contributed by atoms with Gasteiger partial charge in [-0.25, -0.2) is 9.97 Å². The van der Waals surface area contributed by atoms with E-state index in [1.54, 1.807) is 6.33 Å². The molecule has 6 nitrogen and oxygen atoms in total. The van der Waals surface area contributed by atoms with Crippen LogP contribution >= 0.6 is 0 Å². The average Bonchev–Trinajstić information content (AvgIpc) is 3.24. The first-order chi connectivity index (χ1) is 15.2. The highest BCUT2D eigenvalue weighted by atomic mass is 16.1. The molecule has 0 bridgehead atoms. The van der Waals surface area contributed by atoms with Crippen LogP contribution in [0.15, 0.2) is 60.6 Å². The van der Waals surface area contributed by atoms with Crippen molar-refractivity contribution < 1.29 is 4.79 Å². The van der Waals surface area contributed by atoms with E-state index in [2.05, 4.69) is 78.4 Å². The summed E-state index contributed by atoms with van der Waals surface area (Å²) in [7, 11) is 0. The molecule has 166 valence electrons. The Labute approximate surface area is 189 Å². The fourth-order valence-electron chi connectivity index (χ4n) is 3.73. The largest absolute Gasteiger partial charge is 0.351 e. The Balaban J connectivity index is 1.53. The Morgan fingerprint density at radius 3 is 2.78 bits per heavy atom. The summed E-state index contributed by atoms with van der Waals surface area (Å²) >= 11 is 0. The van der Waals surface area contributed by atoms with Crippen LogP contribution in [0.25, 0.3) is 11.0 Å². The van der Waals surface area contributed by atoms with Crippen LogP contribution in [0.4, 0.5) is 5.82 Å². The van der Waals surface area contributed by atoms with Gasteiger partial charge >= 0.3 is 0 Å². The van der Waals surface area contributed by atoms with Crippen LogP contribution in [-0.2, 0) is 16.8 Å². The number of carbonyl (C=O) groups excluding carboxylic acids is 1. The molecule has 3 aromatic rings. The SMILES string of the molecule is CC1=CCN(c2nc(C(C)(C)C)ccc2CNC(=O)C(C)c2ccc3nc[nH]c3c2)C=C1. The van der Waals surface area contributed by atoms with Crippen LogP contribution in [-0.4, -0.2) is 27.4 Å². The minimum absolute atomic E-state index is 0.0142. The standard InChI is InChI=1S/C26H31N5O/c1-17-10-12-31(13-11-17)24-20(7-9-23(30-24)26(3,4)5)15-27-25(32)18(2)19-6-8-21-22(14-19)29-16-28-21/h6-12,14,16,18H,13,15H2,1-5H3,(H,27,32)(H,28,29). The molecular formula is C26H31N5O. The highest BCUT2D eigenvalue weighted by Crippen LogP contribution is 2.28. The van der Waals surface area contributed by atoms with Crippen molar-refractivity contribution in [1.29, 1.82) is 0 Å². The molecule has 0 radical (unpaired) electrons. The van der Waals surface area contributed by atoms with Crippen molar-refractivity contribution in [2.45, 2.75) is 52.5 Å². The predicted octanol–water partition coefficient (Wildman–Crippen LogP) is 4.96. The maximum absolute atomic E-state index is 13.0. The molecule has 1 amide bonds. The number of benzene rings is 1. The molecule has 1 aliphatic rings. The van der Waals surface area contributed by atoms with Crippen molar-refractivity contribution in [3.8, 4) is 0 Å². The van der Waals surface area contributed by atoms with E-state index in [0.29, 0.717) is 6.54 Å². The van der Waals surface area contributed by atoms with Gasteiger partial charge in [-0.1, -0.05) is 44.6 Å². The zero-order chi connectivity index (χ0) is 22.9.